The molecule has 0 unspecified atom stereocenters. The molecule has 0 saturated heterocycles. The zero-order chi connectivity index (χ0) is 49.8. The molecule has 1 rings (SSSR count). The number of aromatic nitrogens is 2. The SMILES string of the molecule is CC(=O)[C@@H](NC(=O)[C@H](CCCCNC(=O)CC[C@H](CC(=O)COCCOCCNC(=O)CC[C@H](CC(=O)CO)C(=O)O)C(=O)O)NCC(=O)C(C)(C)CC(=O)[C@@H](N)Cc1cnc[nH]1)[C@@H](C)O. The number of carbonyl (C=O) groups excluding carboxylic acids is 8. The van der Waals surface area contributed by atoms with Crippen LogP contribution in [0.3, 0.4) is 0 Å². The van der Waals surface area contributed by atoms with Gasteiger partial charge in [-0.25, -0.2) is 4.98 Å². The van der Waals surface area contributed by atoms with Crippen molar-refractivity contribution in [1.82, 2.24) is 31.2 Å². The van der Waals surface area contributed by atoms with Gasteiger partial charge in [-0.05, 0) is 46.0 Å². The number of nitrogens with one attached hydrogen (secondary N) is 5. The minimum absolute atomic E-state index is 0.0103. The molecule has 0 aliphatic heterocycles. The van der Waals surface area contributed by atoms with Crippen molar-refractivity contribution in [3.63, 3.8) is 0 Å². The number of imidazole rings is 1. The van der Waals surface area contributed by atoms with Gasteiger partial charge in [0.2, 0.25) is 17.7 Å². The largest absolute Gasteiger partial charge is 0.481 e. The average Bonchev–Trinajstić information content (AvgIpc) is 3.76. The second kappa shape index (κ2) is 31.6. The molecule has 23 heteroatoms. The smallest absolute Gasteiger partial charge is 0.306 e. The number of nitrogens with two attached hydrogens (primary N) is 1. The fourth-order valence-corrected chi connectivity index (χ4v) is 6.47. The number of aliphatic carboxylic acids is 2. The van der Waals surface area contributed by atoms with Crippen molar-refractivity contribution in [2.45, 2.75) is 123 Å². The number of aliphatic hydroxyl groups excluding tert-OH is 2. The summed E-state index contributed by atoms with van der Waals surface area (Å²) in [6, 6.07) is -3.06. The molecule has 0 radical (unpaired) electrons. The zero-order valence-corrected chi connectivity index (χ0v) is 38.3. The van der Waals surface area contributed by atoms with Gasteiger partial charge in [-0.2, -0.15) is 0 Å². The molecule has 6 atom stereocenters. The molecule has 372 valence electrons. The highest BCUT2D eigenvalue weighted by Crippen LogP contribution is 2.23. The molecule has 1 heterocycles. The minimum Gasteiger partial charge on any atom is -0.481 e. The van der Waals surface area contributed by atoms with E-state index in [2.05, 4.69) is 31.2 Å². The van der Waals surface area contributed by atoms with E-state index in [1.807, 2.05) is 0 Å². The van der Waals surface area contributed by atoms with E-state index >= 15 is 0 Å². The van der Waals surface area contributed by atoms with Crippen molar-refractivity contribution in [3.8, 4) is 0 Å². The first-order valence-electron chi connectivity index (χ1n) is 21.9. The topological polar surface area (TPSA) is 373 Å². The number of rotatable bonds is 39. The molecule has 0 aliphatic rings. The molecule has 23 nitrogen and oxygen atoms in total. The van der Waals surface area contributed by atoms with Crippen LogP contribution in [0.4, 0.5) is 0 Å². The van der Waals surface area contributed by atoms with Crippen molar-refractivity contribution >= 4 is 58.6 Å². The summed E-state index contributed by atoms with van der Waals surface area (Å²) >= 11 is 0. The predicted molar refractivity (Wildman–Crippen MR) is 233 cm³/mol. The Labute approximate surface area is 383 Å². The van der Waals surface area contributed by atoms with Gasteiger partial charge in [0.1, 0.15) is 19.3 Å². The van der Waals surface area contributed by atoms with Crippen LogP contribution in [0.15, 0.2) is 12.5 Å². The highest BCUT2D eigenvalue weighted by Gasteiger charge is 2.34. The van der Waals surface area contributed by atoms with Crippen LogP contribution in [0, 0.1) is 17.3 Å². The van der Waals surface area contributed by atoms with Gasteiger partial charge in [-0.3, -0.25) is 53.3 Å². The summed E-state index contributed by atoms with van der Waals surface area (Å²) < 4.78 is 10.6. The Balaban J connectivity index is 2.50. The van der Waals surface area contributed by atoms with Gasteiger partial charge in [0.05, 0.1) is 62.7 Å². The van der Waals surface area contributed by atoms with Crippen LogP contribution in [0.5, 0.6) is 0 Å². The van der Waals surface area contributed by atoms with Gasteiger partial charge in [-0.1, -0.05) is 13.8 Å². The summed E-state index contributed by atoms with van der Waals surface area (Å²) in [6.45, 7) is 4.66. The number of carbonyl (C=O) groups is 10. The van der Waals surface area contributed by atoms with Crippen molar-refractivity contribution in [3.05, 3.63) is 18.2 Å². The number of H-pyrrole nitrogens is 1. The van der Waals surface area contributed by atoms with Crippen LogP contribution >= 0.6 is 0 Å². The second-order valence-electron chi connectivity index (χ2n) is 16.8. The Bertz CT molecular complexity index is 1750. The molecule has 66 heavy (non-hydrogen) atoms. The molecule has 1 aromatic rings. The molecule has 0 saturated carbocycles. The first kappa shape index (κ1) is 58.7. The summed E-state index contributed by atoms with van der Waals surface area (Å²) in [5.74, 6) is -8.62. The van der Waals surface area contributed by atoms with Crippen LogP contribution < -0.4 is 27.0 Å². The number of unbranched alkanes of at least 4 members (excludes halogenated alkanes) is 1. The minimum atomic E-state index is -1.26. The maximum Gasteiger partial charge on any atom is 0.306 e. The third kappa shape index (κ3) is 24.8. The Kier molecular flexibility index (Phi) is 28.1. The maximum absolute atomic E-state index is 13.3. The molecule has 0 aromatic carbocycles. The zero-order valence-electron chi connectivity index (χ0n) is 38.3. The number of aliphatic hydroxyl groups is 2. The fourth-order valence-electron chi connectivity index (χ4n) is 6.47. The van der Waals surface area contributed by atoms with E-state index in [1.165, 1.54) is 20.2 Å². The number of carboxylic acid groups (broad SMARTS) is 2. The highest BCUT2D eigenvalue weighted by molar-refractivity contribution is 5.94. The normalized spacial score (nSPS) is 14.2. The van der Waals surface area contributed by atoms with E-state index in [4.69, 9.17) is 25.4 Å². The van der Waals surface area contributed by atoms with Crippen LogP contribution in [0.1, 0.15) is 97.6 Å². The number of ketones is 5. The van der Waals surface area contributed by atoms with Crippen LogP contribution in [-0.2, 0) is 63.8 Å². The Morgan fingerprint density at radius 3 is 1.97 bits per heavy atom. The van der Waals surface area contributed by atoms with E-state index in [-0.39, 0.29) is 109 Å². The van der Waals surface area contributed by atoms with E-state index in [0.29, 0.717) is 18.5 Å². The number of amides is 3. The van der Waals surface area contributed by atoms with E-state index < -0.39 is 102 Å². The third-order valence-electron chi connectivity index (χ3n) is 10.5. The Hall–Kier alpha value is -5.33. The van der Waals surface area contributed by atoms with Gasteiger partial charge in [0, 0.05) is 68.9 Å². The summed E-state index contributed by atoms with van der Waals surface area (Å²) in [7, 11) is 0. The maximum atomic E-state index is 13.3. The number of carboxylic acids is 2. The summed E-state index contributed by atoms with van der Waals surface area (Å²) in [4.78, 5) is 130. The summed E-state index contributed by atoms with van der Waals surface area (Å²) in [5, 5.41) is 48.3. The van der Waals surface area contributed by atoms with Gasteiger partial charge in [0.25, 0.3) is 0 Å². The van der Waals surface area contributed by atoms with Gasteiger partial charge >= 0.3 is 11.9 Å². The first-order chi connectivity index (χ1) is 31.1. The predicted octanol–water partition coefficient (Wildman–Crippen LogP) is -1.44. The third-order valence-corrected chi connectivity index (χ3v) is 10.5. The Morgan fingerprint density at radius 2 is 1.42 bits per heavy atom. The molecular weight excluding hydrogens is 871 g/mol. The summed E-state index contributed by atoms with van der Waals surface area (Å²) in [5.41, 5.74) is 5.60. The lowest BCUT2D eigenvalue weighted by molar-refractivity contribution is -0.145. The van der Waals surface area contributed by atoms with Gasteiger partial charge in [0.15, 0.2) is 28.9 Å². The molecular formula is C43H69N7O16. The van der Waals surface area contributed by atoms with Crippen molar-refractivity contribution in [2.24, 2.45) is 23.0 Å². The van der Waals surface area contributed by atoms with Crippen molar-refractivity contribution in [2.75, 3.05) is 52.7 Å². The number of ether oxygens (including phenoxy) is 2. The lowest BCUT2D eigenvalue weighted by Gasteiger charge is -2.27. The van der Waals surface area contributed by atoms with Crippen LogP contribution in [0.2, 0.25) is 0 Å². The number of nitrogens with zero attached hydrogens (tertiary/aromatic N) is 1. The number of Topliss-reactive ketones (excluding diaryl/α,β-unsaturated/α-hetero) is 5. The van der Waals surface area contributed by atoms with E-state index in [9.17, 15) is 58.2 Å². The lowest BCUT2D eigenvalue weighted by atomic mass is 9.81. The molecule has 0 aliphatic carbocycles. The van der Waals surface area contributed by atoms with E-state index in [0.717, 1.165) is 0 Å². The molecule has 0 fully saturated rings. The average molecular weight is 940 g/mol. The van der Waals surface area contributed by atoms with Crippen molar-refractivity contribution < 1.29 is 77.8 Å². The quantitative estimate of drug-likeness (QED) is 0.0338. The Morgan fingerprint density at radius 1 is 0.833 bits per heavy atom. The second-order valence-corrected chi connectivity index (χ2v) is 16.8. The lowest BCUT2D eigenvalue weighted by Crippen LogP contribution is -2.54. The number of aromatic amines is 1. The fraction of sp³-hybridized carbons (Fsp3) is 0.698. The first-order valence-corrected chi connectivity index (χ1v) is 21.9. The molecule has 11 N–H and O–H groups in total. The van der Waals surface area contributed by atoms with Crippen molar-refractivity contribution in [1.29, 1.82) is 0 Å². The van der Waals surface area contributed by atoms with Gasteiger partial charge < -0.3 is 56.6 Å². The van der Waals surface area contributed by atoms with Crippen LogP contribution in [0.25, 0.3) is 0 Å². The highest BCUT2D eigenvalue weighted by atomic mass is 16.5. The molecule has 0 bridgehead atoms. The molecule has 1 aromatic heterocycles. The number of hydrogen-bond acceptors (Lipinski definition) is 17. The standard InChI is InChI=1S/C43H69N7O16/c1-26(52)39(27(2)53)50-40(60)34(48-22-36(57)43(3,4)20-35(56)33(44)19-30-21-45-25-49-30)7-5-6-12-46-37(58)10-9-29(42(63)64)18-32(55)24-66-16-15-65-14-13-47-38(59)11-8-28(41(61)62)17-31(54)23-51/h21,25-26,28-29,33-34,39,48,51-52H,5-20,22-24,44H2,1-4H3,(H,45,49)(H,46,58)(H,47,59)(H,50,60)(H,61,62)(H,63,64)/t26-,28-,29-,33+,34+,39+/m1/s1. The summed E-state index contributed by atoms with van der Waals surface area (Å²) in [6.07, 6.45) is 1.46. The monoisotopic (exact) mass is 939 g/mol. The van der Waals surface area contributed by atoms with Gasteiger partial charge in [-0.15, -0.1) is 0 Å². The molecule has 3 amide bonds. The number of hydrogen-bond donors (Lipinski definition) is 10. The molecule has 0 spiro atoms. The van der Waals surface area contributed by atoms with Crippen LogP contribution in [-0.4, -0.2) is 166 Å². The van der Waals surface area contributed by atoms with E-state index in [1.54, 1.807) is 20.0 Å².